The van der Waals surface area contributed by atoms with E-state index < -0.39 is 7.12 Å². The number of benzene rings is 1. The Balaban J connectivity index is 1.88. The smallest absolute Gasteiger partial charge is 0.492 e. The third kappa shape index (κ3) is 2.82. The van der Waals surface area contributed by atoms with Gasteiger partial charge >= 0.3 is 7.12 Å². The largest absolute Gasteiger partial charge is 0.497 e. The summed E-state index contributed by atoms with van der Waals surface area (Å²) in [5.74, 6) is 0.487. The number of methoxy groups -OCH3 is 1. The molecule has 0 unspecified atom stereocenters. The molecule has 0 saturated carbocycles. The molecule has 2 aromatic rings. The van der Waals surface area contributed by atoms with Crippen LogP contribution < -0.4 is 10.2 Å². The second-order valence-electron chi connectivity index (χ2n) is 5.42. The molecule has 21 heavy (non-hydrogen) atoms. The number of hydrogen-bond donors (Lipinski definition) is 2. The van der Waals surface area contributed by atoms with Crippen LogP contribution in [0.15, 0.2) is 24.5 Å². The zero-order valence-corrected chi connectivity index (χ0v) is 12.1. The van der Waals surface area contributed by atoms with Gasteiger partial charge < -0.3 is 19.4 Å². The van der Waals surface area contributed by atoms with Crippen molar-refractivity contribution in [3.05, 3.63) is 41.5 Å². The maximum absolute atomic E-state index is 9.43. The van der Waals surface area contributed by atoms with Gasteiger partial charge in [-0.25, -0.2) is 4.98 Å². The predicted molar refractivity (Wildman–Crippen MR) is 80.8 cm³/mol. The molecule has 6 heteroatoms. The zero-order chi connectivity index (χ0) is 14.8. The van der Waals surface area contributed by atoms with E-state index in [0.717, 1.165) is 18.4 Å². The van der Waals surface area contributed by atoms with Crippen LogP contribution in [0.3, 0.4) is 0 Å². The minimum atomic E-state index is -1.53. The van der Waals surface area contributed by atoms with Crippen molar-refractivity contribution in [2.45, 2.75) is 32.2 Å². The van der Waals surface area contributed by atoms with Crippen molar-refractivity contribution < 1.29 is 14.8 Å². The van der Waals surface area contributed by atoms with E-state index in [0.29, 0.717) is 17.8 Å². The molecule has 1 heterocycles. The lowest BCUT2D eigenvalue weighted by Crippen LogP contribution is -2.31. The first kappa shape index (κ1) is 14.2. The van der Waals surface area contributed by atoms with Crippen molar-refractivity contribution in [3.8, 4) is 5.75 Å². The average Bonchev–Trinajstić information content (AvgIpc) is 2.90. The molecule has 1 aliphatic rings. The summed E-state index contributed by atoms with van der Waals surface area (Å²) < 4.78 is 7.30. The van der Waals surface area contributed by atoms with Crippen LogP contribution in [-0.4, -0.2) is 33.8 Å². The van der Waals surface area contributed by atoms with Gasteiger partial charge in [0.15, 0.2) is 0 Å². The fourth-order valence-corrected chi connectivity index (χ4v) is 2.95. The summed E-state index contributed by atoms with van der Waals surface area (Å²) in [6, 6.07) is 5.49. The summed E-state index contributed by atoms with van der Waals surface area (Å²) in [5.41, 5.74) is 3.91. The first-order valence-corrected chi connectivity index (χ1v) is 7.25. The van der Waals surface area contributed by atoms with Gasteiger partial charge in [-0.05, 0) is 37.3 Å². The van der Waals surface area contributed by atoms with E-state index in [1.807, 2.05) is 12.4 Å². The normalized spacial score (nSPS) is 13.9. The lowest BCUT2D eigenvalue weighted by Gasteiger charge is -2.15. The third-order valence-electron chi connectivity index (χ3n) is 4.04. The molecule has 0 radical (unpaired) electrons. The molecule has 0 atom stereocenters. The van der Waals surface area contributed by atoms with Crippen molar-refractivity contribution in [2.24, 2.45) is 0 Å². The minimum absolute atomic E-state index is 0.393. The number of fused-ring (bicyclic) bond motifs is 1. The quantitative estimate of drug-likeness (QED) is 0.803. The van der Waals surface area contributed by atoms with E-state index in [4.69, 9.17) is 4.74 Å². The average molecular weight is 286 g/mol. The summed E-state index contributed by atoms with van der Waals surface area (Å²) in [4.78, 5) is 4.48. The highest BCUT2D eigenvalue weighted by Crippen LogP contribution is 2.21. The Morgan fingerprint density at radius 2 is 2.10 bits per heavy atom. The van der Waals surface area contributed by atoms with Gasteiger partial charge in [0.25, 0.3) is 0 Å². The van der Waals surface area contributed by atoms with Gasteiger partial charge in [-0.1, -0.05) is 12.1 Å². The molecule has 0 saturated heterocycles. The first-order chi connectivity index (χ1) is 10.2. The van der Waals surface area contributed by atoms with Crippen molar-refractivity contribution in [1.29, 1.82) is 0 Å². The van der Waals surface area contributed by atoms with Crippen molar-refractivity contribution >= 4 is 12.6 Å². The summed E-state index contributed by atoms with van der Waals surface area (Å²) >= 11 is 0. The van der Waals surface area contributed by atoms with Crippen molar-refractivity contribution in [3.63, 3.8) is 0 Å². The van der Waals surface area contributed by atoms with E-state index in [-0.39, 0.29) is 0 Å². The SMILES string of the molecule is COc1ccc(Cn2cnc3c2CCCC3)cc1B(O)O. The molecule has 1 aliphatic carbocycles. The fraction of sp³-hybridized carbons (Fsp3) is 0.400. The Bertz CT molecular complexity index is 640. The minimum Gasteiger partial charge on any atom is -0.497 e. The summed E-state index contributed by atoms with van der Waals surface area (Å²) in [5, 5.41) is 18.9. The highest BCUT2D eigenvalue weighted by Gasteiger charge is 2.19. The van der Waals surface area contributed by atoms with Crippen LogP contribution in [-0.2, 0) is 19.4 Å². The Morgan fingerprint density at radius 3 is 2.86 bits per heavy atom. The number of aromatic nitrogens is 2. The maximum Gasteiger partial charge on any atom is 0.492 e. The van der Waals surface area contributed by atoms with Gasteiger partial charge in [0.1, 0.15) is 5.75 Å². The Kier molecular flexibility index (Phi) is 3.99. The van der Waals surface area contributed by atoms with E-state index in [2.05, 4.69) is 9.55 Å². The highest BCUT2D eigenvalue weighted by molar-refractivity contribution is 6.59. The molecule has 110 valence electrons. The van der Waals surface area contributed by atoms with Gasteiger partial charge in [0.2, 0.25) is 0 Å². The van der Waals surface area contributed by atoms with Gasteiger partial charge in [-0.15, -0.1) is 0 Å². The molecule has 0 bridgehead atoms. The lowest BCUT2D eigenvalue weighted by atomic mass is 9.78. The van der Waals surface area contributed by atoms with Crippen LogP contribution in [0.5, 0.6) is 5.75 Å². The van der Waals surface area contributed by atoms with Crippen LogP contribution >= 0.6 is 0 Å². The Morgan fingerprint density at radius 1 is 1.29 bits per heavy atom. The van der Waals surface area contributed by atoms with Gasteiger partial charge in [0, 0.05) is 17.7 Å². The molecule has 1 aromatic heterocycles. The van der Waals surface area contributed by atoms with E-state index >= 15 is 0 Å². The molecule has 0 amide bonds. The summed E-state index contributed by atoms with van der Waals surface area (Å²) in [7, 11) is -0.00996. The number of hydrogen-bond acceptors (Lipinski definition) is 4. The summed E-state index contributed by atoms with van der Waals surface area (Å²) in [6.45, 7) is 0.687. The zero-order valence-electron chi connectivity index (χ0n) is 12.1. The number of ether oxygens (including phenoxy) is 1. The number of nitrogens with zero attached hydrogens (tertiary/aromatic N) is 2. The second kappa shape index (κ2) is 5.91. The number of rotatable bonds is 4. The van der Waals surface area contributed by atoms with E-state index in [1.54, 1.807) is 12.1 Å². The fourth-order valence-electron chi connectivity index (χ4n) is 2.95. The van der Waals surface area contributed by atoms with E-state index in [1.165, 1.54) is 31.3 Å². The lowest BCUT2D eigenvalue weighted by molar-refractivity contribution is 0.403. The molecular formula is C15H19BN2O3. The first-order valence-electron chi connectivity index (χ1n) is 7.25. The topological polar surface area (TPSA) is 67.5 Å². The van der Waals surface area contributed by atoms with Gasteiger partial charge in [-0.2, -0.15) is 0 Å². The molecule has 0 fully saturated rings. The maximum atomic E-state index is 9.43. The Hall–Kier alpha value is -1.79. The summed E-state index contributed by atoms with van der Waals surface area (Å²) in [6.07, 6.45) is 6.44. The molecule has 3 rings (SSSR count). The standard InChI is InChI=1S/C15H19BN2O3/c1-21-15-7-6-11(8-12(15)16(19)20)9-18-10-17-13-4-2-3-5-14(13)18/h6-8,10,19-20H,2-5,9H2,1H3. The monoisotopic (exact) mass is 286 g/mol. The molecular weight excluding hydrogens is 267 g/mol. The molecule has 0 spiro atoms. The predicted octanol–water partition coefficient (Wildman–Crippen LogP) is 0.499. The van der Waals surface area contributed by atoms with Crippen LogP contribution in [0.25, 0.3) is 0 Å². The number of aryl methyl sites for hydroxylation is 1. The van der Waals surface area contributed by atoms with E-state index in [9.17, 15) is 10.0 Å². The van der Waals surface area contributed by atoms with Gasteiger partial charge in [-0.3, -0.25) is 0 Å². The van der Waals surface area contributed by atoms with Crippen LogP contribution in [0, 0.1) is 0 Å². The van der Waals surface area contributed by atoms with Crippen LogP contribution in [0.2, 0.25) is 0 Å². The molecule has 5 nitrogen and oxygen atoms in total. The molecule has 0 aliphatic heterocycles. The highest BCUT2D eigenvalue weighted by atomic mass is 16.5. The molecule has 1 aromatic carbocycles. The second-order valence-corrected chi connectivity index (χ2v) is 5.42. The van der Waals surface area contributed by atoms with Gasteiger partial charge in [0.05, 0.1) is 19.1 Å². The Labute approximate surface area is 124 Å². The van der Waals surface area contributed by atoms with Crippen molar-refractivity contribution in [1.82, 2.24) is 9.55 Å². The third-order valence-corrected chi connectivity index (χ3v) is 4.04. The number of imidazole rings is 1. The van der Waals surface area contributed by atoms with Crippen LogP contribution in [0.4, 0.5) is 0 Å². The van der Waals surface area contributed by atoms with Crippen molar-refractivity contribution in [2.75, 3.05) is 7.11 Å². The van der Waals surface area contributed by atoms with Crippen LogP contribution in [0.1, 0.15) is 29.8 Å². The molecule has 2 N–H and O–H groups in total.